The third-order valence-electron chi connectivity index (χ3n) is 8.92. The fraction of sp³-hybridized carbons (Fsp3) is 0.548. The van der Waals surface area contributed by atoms with Crippen LogP contribution in [0, 0.1) is 12.4 Å². The molecule has 6 rings (SSSR count). The number of morpholine rings is 1. The van der Waals surface area contributed by atoms with E-state index in [1.165, 1.54) is 12.1 Å². The molecule has 11 heteroatoms. The fourth-order valence-electron chi connectivity index (χ4n) is 6.73. The maximum absolute atomic E-state index is 14.2. The average molecular weight is 575 g/mol. The van der Waals surface area contributed by atoms with Crippen LogP contribution in [0.1, 0.15) is 44.5 Å². The Morgan fingerprint density at radius 3 is 2.74 bits per heavy atom. The van der Waals surface area contributed by atoms with E-state index in [9.17, 15) is 9.18 Å². The summed E-state index contributed by atoms with van der Waals surface area (Å²) in [6, 6.07) is 9.26. The number of halogens is 1. The van der Waals surface area contributed by atoms with Crippen LogP contribution in [0.3, 0.4) is 0 Å². The molecule has 2 fully saturated rings. The highest BCUT2D eigenvalue weighted by molar-refractivity contribution is 5.98. The fourth-order valence-corrected chi connectivity index (χ4v) is 6.73. The zero-order valence-electron chi connectivity index (χ0n) is 24.8. The van der Waals surface area contributed by atoms with Gasteiger partial charge in [-0.1, -0.05) is 31.1 Å². The molecule has 0 bridgehead atoms. The molecule has 0 spiro atoms. The molecule has 1 N–H and O–H groups in total. The first-order valence-electron chi connectivity index (χ1n) is 14.8. The lowest BCUT2D eigenvalue weighted by molar-refractivity contribution is -0.121. The normalized spacial score (nSPS) is 24.6. The molecule has 5 heterocycles. The lowest BCUT2D eigenvalue weighted by Crippen LogP contribution is -2.62. The van der Waals surface area contributed by atoms with Gasteiger partial charge >= 0.3 is 5.95 Å². The molecule has 0 saturated carbocycles. The molecule has 3 aromatic rings. The van der Waals surface area contributed by atoms with Crippen molar-refractivity contribution in [3.05, 3.63) is 64.4 Å². The van der Waals surface area contributed by atoms with E-state index in [0.717, 1.165) is 61.9 Å². The number of amides is 1. The Morgan fingerprint density at radius 1 is 1.21 bits per heavy atom. The summed E-state index contributed by atoms with van der Waals surface area (Å²) in [5, 5.41) is 12.2. The molecule has 10 nitrogen and oxygen atoms in total. The van der Waals surface area contributed by atoms with Crippen LogP contribution >= 0.6 is 0 Å². The monoisotopic (exact) mass is 574 g/mol. The molecule has 2 aromatic heterocycles. The zero-order chi connectivity index (χ0) is 29.6. The van der Waals surface area contributed by atoms with Crippen molar-refractivity contribution < 1.29 is 13.9 Å². The van der Waals surface area contributed by atoms with Crippen LogP contribution in [-0.2, 0) is 21.4 Å². The summed E-state index contributed by atoms with van der Waals surface area (Å²) in [4.78, 5) is 24.5. The Kier molecular flexibility index (Phi) is 7.74. The Hall–Kier alpha value is -3.43. The minimum atomic E-state index is -0.418. The lowest BCUT2D eigenvalue weighted by Gasteiger charge is -2.43. The Morgan fingerprint density at radius 2 is 2.00 bits per heavy atom. The Balaban J connectivity index is 1.33. The highest BCUT2D eigenvalue weighted by Gasteiger charge is 2.44. The number of rotatable bonds is 6. The summed E-state index contributed by atoms with van der Waals surface area (Å²) in [6.07, 6.45) is 0.477. The van der Waals surface area contributed by atoms with Gasteiger partial charge in [0.15, 0.2) is 0 Å². The number of carbonyl (C=O) groups excluding carboxylic acids is 1. The maximum atomic E-state index is 14.2. The number of nitrogens with one attached hydrogen (secondary N) is 1. The minimum Gasteiger partial charge on any atom is -0.395 e. The van der Waals surface area contributed by atoms with Crippen molar-refractivity contribution >= 4 is 23.2 Å². The van der Waals surface area contributed by atoms with Crippen molar-refractivity contribution in [2.75, 3.05) is 57.4 Å². The van der Waals surface area contributed by atoms with Crippen molar-refractivity contribution in [1.82, 2.24) is 29.7 Å². The highest BCUT2D eigenvalue weighted by atomic mass is 19.1. The number of anilines is 1. The Labute approximate surface area is 246 Å². The molecule has 3 aliphatic heterocycles. The van der Waals surface area contributed by atoms with Gasteiger partial charge in [0.05, 0.1) is 25.4 Å². The van der Waals surface area contributed by atoms with E-state index >= 15 is 0 Å². The molecule has 2 saturated heterocycles. The number of hydrogen-bond acceptors (Lipinski definition) is 7. The summed E-state index contributed by atoms with van der Waals surface area (Å²) in [6.45, 7) is 22.0. The number of carbonyl (C=O) groups is 1. The van der Waals surface area contributed by atoms with Crippen molar-refractivity contribution in [3.63, 3.8) is 0 Å². The van der Waals surface area contributed by atoms with Crippen LogP contribution in [0.4, 0.5) is 16.0 Å². The molecule has 3 aliphatic rings. The predicted octanol–water partition coefficient (Wildman–Crippen LogP) is 3.02. The van der Waals surface area contributed by atoms with E-state index in [1.807, 2.05) is 15.4 Å². The van der Waals surface area contributed by atoms with Gasteiger partial charge in [0.25, 0.3) is 0 Å². The molecule has 222 valence electrons. The van der Waals surface area contributed by atoms with Crippen LogP contribution in [0.5, 0.6) is 0 Å². The van der Waals surface area contributed by atoms with Crippen molar-refractivity contribution in [2.45, 2.75) is 57.7 Å². The third-order valence-corrected chi connectivity index (χ3v) is 8.92. The van der Waals surface area contributed by atoms with Crippen molar-refractivity contribution in [3.8, 4) is 0 Å². The van der Waals surface area contributed by atoms with E-state index in [1.54, 1.807) is 12.1 Å². The van der Waals surface area contributed by atoms with Gasteiger partial charge in [-0.05, 0) is 42.7 Å². The van der Waals surface area contributed by atoms with Gasteiger partial charge in [-0.15, -0.1) is 6.57 Å². The summed E-state index contributed by atoms with van der Waals surface area (Å²) in [7, 11) is 0. The number of nitrogens with zero attached hydrogens (tertiary/aromatic N) is 7. The SMILES string of the molecule is [C-]#[N+]c1nnc2c(Cc3ccc(F)cc3)cc3c(n12)C(C)(C)CN3C(=O)CN1C[C@@H](C)NC[C@@H]1CN1CCOC[C@H]1C. The molecule has 0 radical (unpaired) electrons. The number of benzene rings is 1. The summed E-state index contributed by atoms with van der Waals surface area (Å²) in [5.74, 6) is -0.0709. The van der Waals surface area contributed by atoms with Gasteiger partial charge in [0.1, 0.15) is 11.5 Å². The van der Waals surface area contributed by atoms with Gasteiger partial charge in [-0.2, -0.15) is 0 Å². The van der Waals surface area contributed by atoms with Crippen molar-refractivity contribution in [1.29, 1.82) is 0 Å². The Bertz CT molecular complexity index is 1510. The van der Waals surface area contributed by atoms with Crippen molar-refractivity contribution in [2.24, 2.45) is 0 Å². The summed E-state index contributed by atoms with van der Waals surface area (Å²) >= 11 is 0. The van der Waals surface area contributed by atoms with E-state index in [2.05, 4.69) is 57.9 Å². The van der Waals surface area contributed by atoms with Gasteiger partial charge in [0, 0.05) is 68.2 Å². The molecule has 1 amide bonds. The van der Waals surface area contributed by atoms with Crippen LogP contribution < -0.4 is 10.2 Å². The minimum absolute atomic E-state index is 0.0421. The molecule has 0 unspecified atom stereocenters. The molecule has 0 aliphatic carbocycles. The van der Waals surface area contributed by atoms with E-state index < -0.39 is 5.41 Å². The average Bonchev–Trinajstić information content (AvgIpc) is 3.50. The second-order valence-electron chi connectivity index (χ2n) is 12.7. The molecular weight excluding hydrogens is 535 g/mol. The predicted molar refractivity (Wildman–Crippen MR) is 159 cm³/mol. The van der Waals surface area contributed by atoms with Crippen LogP contribution in [0.15, 0.2) is 30.3 Å². The number of pyridine rings is 1. The smallest absolute Gasteiger partial charge is 0.367 e. The molecule has 3 atom stereocenters. The van der Waals surface area contributed by atoms with Gasteiger partial charge in [-0.3, -0.25) is 14.6 Å². The first kappa shape index (κ1) is 28.7. The summed E-state index contributed by atoms with van der Waals surface area (Å²) in [5.41, 5.74) is 3.60. The van der Waals surface area contributed by atoms with Gasteiger partial charge in [-0.25, -0.2) is 8.79 Å². The number of hydrogen-bond donors (Lipinski definition) is 1. The van der Waals surface area contributed by atoms with Gasteiger partial charge in [0.2, 0.25) is 11.6 Å². The number of fused-ring (bicyclic) bond motifs is 3. The number of ether oxygens (including phenoxy) is 1. The molecule has 42 heavy (non-hydrogen) atoms. The highest BCUT2D eigenvalue weighted by Crippen LogP contribution is 2.43. The zero-order valence-corrected chi connectivity index (χ0v) is 24.8. The second-order valence-corrected chi connectivity index (χ2v) is 12.7. The van der Waals surface area contributed by atoms with E-state index in [0.29, 0.717) is 37.2 Å². The number of aromatic nitrogens is 3. The summed E-state index contributed by atoms with van der Waals surface area (Å²) < 4.78 is 21.1. The number of piperazine rings is 1. The van der Waals surface area contributed by atoms with Crippen LogP contribution in [0.25, 0.3) is 10.5 Å². The van der Waals surface area contributed by atoms with Gasteiger partial charge < -0.3 is 19.8 Å². The van der Waals surface area contributed by atoms with E-state index in [4.69, 9.17) is 11.3 Å². The third kappa shape index (κ3) is 5.40. The first-order chi connectivity index (χ1) is 20.1. The second kappa shape index (κ2) is 11.3. The maximum Gasteiger partial charge on any atom is 0.367 e. The standard InChI is InChI=1S/C31H39FN8O2/c1-20-15-38(25(14-34-20)16-37-10-11-42-18-21(37)2)17-27(41)39-19-31(3,4)28-26(39)13-23(12-22-6-8-24(32)9-7-22)29-35-36-30(33-5)40(28)29/h6-9,13,20-21,25,34H,10-12,14-19H2,1-4H3/t20-,21-,25-/m1/s1. The molecular formula is C31H39FN8O2. The largest absolute Gasteiger partial charge is 0.395 e. The first-order valence-corrected chi connectivity index (χ1v) is 14.8. The van der Waals surface area contributed by atoms with Crippen LogP contribution in [-0.4, -0.2) is 101 Å². The quantitative estimate of drug-likeness (QED) is 0.454. The van der Waals surface area contributed by atoms with E-state index in [-0.39, 0.29) is 23.7 Å². The molecule has 1 aromatic carbocycles. The lowest BCUT2D eigenvalue weighted by atomic mass is 9.90. The topological polar surface area (TPSA) is 82.6 Å². The van der Waals surface area contributed by atoms with Crippen LogP contribution in [0.2, 0.25) is 0 Å².